The molecule has 6 nitrogen and oxygen atoms in total. The van der Waals surface area contributed by atoms with Gasteiger partial charge >= 0.3 is 6.61 Å². The molecule has 0 atom stereocenters. The number of rotatable bonds is 6. The molecule has 1 heterocycles. The van der Waals surface area contributed by atoms with Crippen molar-refractivity contribution in [1.82, 2.24) is 15.2 Å². The summed E-state index contributed by atoms with van der Waals surface area (Å²) in [7, 11) is 0. The van der Waals surface area contributed by atoms with Gasteiger partial charge in [0.25, 0.3) is 0 Å². The van der Waals surface area contributed by atoms with Crippen LogP contribution in [0.5, 0.6) is 5.75 Å². The average molecular weight is 358 g/mol. The molecule has 0 bridgehead atoms. The summed E-state index contributed by atoms with van der Waals surface area (Å²) in [6.07, 6.45) is 0.122. The smallest absolute Gasteiger partial charge is 0.387 e. The van der Waals surface area contributed by atoms with E-state index in [2.05, 4.69) is 25.2 Å². The second-order valence-corrected chi connectivity index (χ2v) is 5.57. The predicted octanol–water partition coefficient (Wildman–Crippen LogP) is 3.56. The van der Waals surface area contributed by atoms with E-state index in [9.17, 15) is 13.6 Å². The molecule has 8 heteroatoms. The number of aryl methyl sites for hydroxylation is 1. The summed E-state index contributed by atoms with van der Waals surface area (Å²) in [5.41, 5.74) is 2.17. The number of alkyl halides is 2. The van der Waals surface area contributed by atoms with E-state index >= 15 is 0 Å². The zero-order valence-electron chi connectivity index (χ0n) is 13.9. The zero-order valence-corrected chi connectivity index (χ0v) is 13.9. The number of aromatic nitrogens is 3. The highest BCUT2D eigenvalue weighted by Crippen LogP contribution is 2.19. The molecule has 0 unspecified atom stereocenters. The number of aromatic amines is 1. The molecule has 0 saturated carbocycles. The number of benzene rings is 2. The summed E-state index contributed by atoms with van der Waals surface area (Å²) < 4.78 is 28.5. The van der Waals surface area contributed by atoms with Gasteiger partial charge in [0.05, 0.1) is 6.42 Å². The molecule has 0 aliphatic carbocycles. The van der Waals surface area contributed by atoms with E-state index in [1.165, 1.54) is 12.1 Å². The first-order valence-electron chi connectivity index (χ1n) is 7.82. The molecule has 0 spiro atoms. The van der Waals surface area contributed by atoms with Gasteiger partial charge in [-0.05, 0) is 48.9 Å². The lowest BCUT2D eigenvalue weighted by molar-refractivity contribution is -0.115. The van der Waals surface area contributed by atoms with E-state index in [0.29, 0.717) is 17.1 Å². The van der Waals surface area contributed by atoms with Crippen molar-refractivity contribution in [3.8, 4) is 17.1 Å². The number of hydrogen-bond donors (Lipinski definition) is 2. The summed E-state index contributed by atoms with van der Waals surface area (Å²) >= 11 is 0. The molecule has 3 rings (SSSR count). The van der Waals surface area contributed by atoms with Gasteiger partial charge in [-0.3, -0.25) is 9.89 Å². The molecule has 0 saturated heterocycles. The van der Waals surface area contributed by atoms with Crippen molar-refractivity contribution in [2.75, 3.05) is 5.32 Å². The number of nitrogens with one attached hydrogen (secondary N) is 2. The number of nitrogens with zero attached hydrogens (tertiary/aromatic N) is 2. The molecule has 1 amide bonds. The minimum atomic E-state index is -2.87. The topological polar surface area (TPSA) is 79.9 Å². The van der Waals surface area contributed by atoms with Crippen molar-refractivity contribution >= 4 is 11.6 Å². The molecule has 0 radical (unpaired) electrons. The molecular weight excluding hydrogens is 342 g/mol. The quantitative estimate of drug-likeness (QED) is 0.706. The highest BCUT2D eigenvalue weighted by molar-refractivity contribution is 5.92. The minimum Gasteiger partial charge on any atom is -0.435 e. The number of halogens is 2. The second-order valence-electron chi connectivity index (χ2n) is 5.57. The van der Waals surface area contributed by atoms with Gasteiger partial charge in [0.1, 0.15) is 11.6 Å². The summed E-state index contributed by atoms with van der Waals surface area (Å²) in [5.74, 6) is 1.16. The zero-order chi connectivity index (χ0) is 18.5. The van der Waals surface area contributed by atoms with Gasteiger partial charge in [-0.25, -0.2) is 4.98 Å². The predicted molar refractivity (Wildman–Crippen MR) is 92.0 cm³/mol. The molecule has 1 aromatic heterocycles. The number of H-pyrrole nitrogens is 1. The monoisotopic (exact) mass is 358 g/mol. The van der Waals surface area contributed by atoms with Gasteiger partial charge in [0.2, 0.25) is 5.91 Å². The van der Waals surface area contributed by atoms with E-state index in [1.54, 1.807) is 24.3 Å². The van der Waals surface area contributed by atoms with Crippen LogP contribution < -0.4 is 10.1 Å². The maximum absolute atomic E-state index is 12.1. The number of carbonyl (C=O) groups is 1. The summed E-state index contributed by atoms with van der Waals surface area (Å²) in [5, 5.41) is 9.63. The Morgan fingerprint density at radius 2 is 1.85 bits per heavy atom. The van der Waals surface area contributed by atoms with Crippen LogP contribution in [-0.4, -0.2) is 27.7 Å². The molecule has 0 fully saturated rings. The van der Waals surface area contributed by atoms with Crippen molar-refractivity contribution in [3.05, 3.63) is 59.9 Å². The summed E-state index contributed by atoms with van der Waals surface area (Å²) in [4.78, 5) is 16.4. The number of amides is 1. The Bertz CT molecular complexity index is 877. The maximum Gasteiger partial charge on any atom is 0.387 e. The Hall–Kier alpha value is -3.29. The minimum absolute atomic E-state index is 0.0574. The van der Waals surface area contributed by atoms with E-state index < -0.39 is 6.61 Å². The Kier molecular flexibility index (Phi) is 5.21. The fourth-order valence-electron chi connectivity index (χ4n) is 2.35. The van der Waals surface area contributed by atoms with Gasteiger partial charge < -0.3 is 10.1 Å². The van der Waals surface area contributed by atoms with Gasteiger partial charge in [-0.2, -0.15) is 13.9 Å². The largest absolute Gasteiger partial charge is 0.435 e. The fraction of sp³-hybridized carbons (Fsp3) is 0.167. The SMILES string of the molecule is Cc1nc(-c2ccc(NC(=O)Cc3ccc(OC(F)F)cc3)cc2)n[nH]1. The Balaban J connectivity index is 1.57. The van der Waals surface area contributed by atoms with Gasteiger partial charge in [-0.15, -0.1) is 0 Å². The first-order chi connectivity index (χ1) is 12.5. The van der Waals surface area contributed by atoms with Crippen LogP contribution in [0.15, 0.2) is 48.5 Å². The van der Waals surface area contributed by atoms with Crippen LogP contribution in [0.25, 0.3) is 11.4 Å². The van der Waals surface area contributed by atoms with E-state index in [1.807, 2.05) is 19.1 Å². The van der Waals surface area contributed by atoms with Crippen LogP contribution >= 0.6 is 0 Å². The maximum atomic E-state index is 12.1. The van der Waals surface area contributed by atoms with Crippen LogP contribution in [-0.2, 0) is 11.2 Å². The highest BCUT2D eigenvalue weighted by atomic mass is 19.3. The Morgan fingerprint density at radius 1 is 1.15 bits per heavy atom. The Labute approximate surface area is 148 Å². The van der Waals surface area contributed by atoms with Crippen molar-refractivity contribution in [2.24, 2.45) is 0 Å². The van der Waals surface area contributed by atoms with Crippen LogP contribution in [0.2, 0.25) is 0 Å². The number of ether oxygens (including phenoxy) is 1. The van der Waals surface area contributed by atoms with Gasteiger partial charge in [-0.1, -0.05) is 12.1 Å². The third kappa shape index (κ3) is 4.62. The molecular formula is C18H16F2N4O2. The first-order valence-corrected chi connectivity index (χ1v) is 7.82. The molecule has 26 heavy (non-hydrogen) atoms. The molecule has 2 N–H and O–H groups in total. The number of anilines is 1. The average Bonchev–Trinajstić information content (AvgIpc) is 3.03. The lowest BCUT2D eigenvalue weighted by Crippen LogP contribution is -2.14. The van der Waals surface area contributed by atoms with Gasteiger partial charge in [0.15, 0.2) is 5.82 Å². The fourth-order valence-corrected chi connectivity index (χ4v) is 2.35. The van der Waals surface area contributed by atoms with Crippen molar-refractivity contribution in [2.45, 2.75) is 20.0 Å². The van der Waals surface area contributed by atoms with Crippen LogP contribution in [0, 0.1) is 6.92 Å². The third-order valence-electron chi connectivity index (χ3n) is 3.54. The van der Waals surface area contributed by atoms with Gasteiger partial charge in [0, 0.05) is 11.3 Å². The van der Waals surface area contributed by atoms with E-state index in [-0.39, 0.29) is 18.1 Å². The van der Waals surface area contributed by atoms with Crippen LogP contribution in [0.4, 0.5) is 14.5 Å². The lowest BCUT2D eigenvalue weighted by atomic mass is 10.1. The second kappa shape index (κ2) is 7.73. The molecule has 2 aromatic carbocycles. The normalized spacial score (nSPS) is 10.8. The van der Waals surface area contributed by atoms with E-state index in [4.69, 9.17) is 0 Å². The van der Waals surface area contributed by atoms with E-state index in [0.717, 1.165) is 11.4 Å². The highest BCUT2D eigenvalue weighted by Gasteiger charge is 2.08. The van der Waals surface area contributed by atoms with Crippen LogP contribution in [0.1, 0.15) is 11.4 Å². The van der Waals surface area contributed by atoms with Crippen molar-refractivity contribution in [1.29, 1.82) is 0 Å². The number of carbonyl (C=O) groups excluding carboxylic acids is 1. The van der Waals surface area contributed by atoms with Crippen LogP contribution in [0.3, 0.4) is 0 Å². The molecule has 3 aromatic rings. The molecule has 0 aliphatic rings. The first kappa shape index (κ1) is 17.5. The standard InChI is InChI=1S/C18H16F2N4O2/c1-11-21-17(24-23-11)13-4-6-14(7-5-13)22-16(25)10-12-2-8-15(9-3-12)26-18(19)20/h2-9,18H,10H2,1H3,(H,22,25)(H,21,23,24). The lowest BCUT2D eigenvalue weighted by Gasteiger charge is -2.07. The van der Waals surface area contributed by atoms with Crippen molar-refractivity contribution in [3.63, 3.8) is 0 Å². The summed E-state index contributed by atoms with van der Waals surface area (Å²) in [6, 6.07) is 13.1. The molecule has 134 valence electrons. The third-order valence-corrected chi connectivity index (χ3v) is 3.54. The number of hydrogen-bond acceptors (Lipinski definition) is 4. The Morgan fingerprint density at radius 3 is 2.42 bits per heavy atom. The summed E-state index contributed by atoms with van der Waals surface area (Å²) in [6.45, 7) is -1.05. The van der Waals surface area contributed by atoms with Crippen molar-refractivity contribution < 1.29 is 18.3 Å². The molecule has 0 aliphatic heterocycles.